The zero-order valence-electron chi connectivity index (χ0n) is 30.9. The van der Waals surface area contributed by atoms with E-state index < -0.39 is 96.2 Å². The fraction of sp³-hybridized carbons (Fsp3) is 0.618. The molecule has 20 heteroatoms. The van der Waals surface area contributed by atoms with Gasteiger partial charge >= 0.3 is 5.97 Å². The Morgan fingerprint density at radius 2 is 1.00 bits per heavy atom. The summed E-state index contributed by atoms with van der Waals surface area (Å²) in [5.41, 5.74) is 29.1. The summed E-state index contributed by atoms with van der Waals surface area (Å²) < 4.78 is 0. The van der Waals surface area contributed by atoms with Crippen molar-refractivity contribution in [3.8, 4) is 0 Å². The minimum absolute atomic E-state index is 0.00501. The molecule has 1 rings (SSSR count). The van der Waals surface area contributed by atoms with E-state index in [1.165, 1.54) is 0 Å². The van der Waals surface area contributed by atoms with Gasteiger partial charge in [0, 0.05) is 6.42 Å². The number of amides is 6. The number of aliphatic hydroxyl groups excluding tert-OH is 1. The lowest BCUT2D eigenvalue weighted by Gasteiger charge is -2.29. The van der Waals surface area contributed by atoms with Gasteiger partial charge in [-0.05, 0) is 63.3 Å². The quantitative estimate of drug-likeness (QED) is 0.0420. The Kier molecular flexibility index (Phi) is 22.2. The summed E-state index contributed by atoms with van der Waals surface area (Å²) in [6.45, 7) is 2.62. The van der Waals surface area contributed by atoms with Gasteiger partial charge in [-0.2, -0.15) is 0 Å². The number of rotatable bonds is 26. The Morgan fingerprint density at radius 1 is 0.593 bits per heavy atom. The second-order valence-corrected chi connectivity index (χ2v) is 12.8. The van der Waals surface area contributed by atoms with Crippen LogP contribution < -0.4 is 60.6 Å². The third kappa shape index (κ3) is 16.1. The normalized spacial score (nSPS) is 15.5. The maximum absolute atomic E-state index is 13.9. The van der Waals surface area contributed by atoms with Gasteiger partial charge in [0.2, 0.25) is 35.4 Å². The minimum atomic E-state index is -1.63. The number of benzene rings is 1. The van der Waals surface area contributed by atoms with E-state index in [0.717, 1.165) is 0 Å². The van der Waals surface area contributed by atoms with Crippen molar-refractivity contribution >= 4 is 41.4 Å². The van der Waals surface area contributed by atoms with Gasteiger partial charge in [-0.15, -0.1) is 0 Å². The molecule has 0 fully saturated rings. The third-order valence-corrected chi connectivity index (χ3v) is 8.59. The van der Waals surface area contributed by atoms with Crippen LogP contribution in [-0.2, 0) is 40.0 Å². The molecule has 0 aliphatic rings. The lowest BCUT2D eigenvalue weighted by atomic mass is 9.96. The molecule has 304 valence electrons. The molecule has 0 heterocycles. The number of carbonyl (C=O) groups is 7. The van der Waals surface area contributed by atoms with Crippen LogP contribution in [-0.4, -0.2) is 127 Å². The lowest BCUT2D eigenvalue weighted by Crippen LogP contribution is -2.61. The molecular formula is C34H59N11O9. The largest absolute Gasteiger partial charge is 0.480 e. The van der Waals surface area contributed by atoms with Crippen molar-refractivity contribution in [3.05, 3.63) is 35.9 Å². The molecule has 8 atom stereocenters. The van der Waals surface area contributed by atoms with E-state index in [1.54, 1.807) is 44.2 Å². The Morgan fingerprint density at radius 3 is 1.43 bits per heavy atom. The molecule has 1 aromatic rings. The highest BCUT2D eigenvalue weighted by Gasteiger charge is 2.35. The van der Waals surface area contributed by atoms with Gasteiger partial charge in [-0.3, -0.25) is 28.8 Å². The molecule has 18 N–H and O–H groups in total. The molecule has 0 spiro atoms. The molecular weight excluding hydrogens is 706 g/mol. The van der Waals surface area contributed by atoms with Gasteiger partial charge in [0.25, 0.3) is 0 Å². The molecule has 0 saturated carbocycles. The lowest BCUT2D eigenvalue weighted by molar-refractivity contribution is -0.143. The molecule has 0 radical (unpaired) electrons. The number of nitrogens with two attached hydrogens (primary N) is 5. The monoisotopic (exact) mass is 765 g/mol. The number of carboxylic acids is 1. The first-order valence-corrected chi connectivity index (χ1v) is 17.9. The molecule has 1 aromatic carbocycles. The zero-order chi connectivity index (χ0) is 40.8. The van der Waals surface area contributed by atoms with Crippen LogP contribution in [0.4, 0.5) is 0 Å². The first-order chi connectivity index (χ1) is 25.7. The Bertz CT molecular complexity index is 1370. The molecule has 0 aromatic heterocycles. The summed E-state index contributed by atoms with van der Waals surface area (Å²) in [6.07, 6.45) is 0.435. The third-order valence-electron chi connectivity index (χ3n) is 8.59. The predicted octanol–water partition coefficient (Wildman–Crippen LogP) is -5.02. The number of hydrogen-bond donors (Lipinski definition) is 13. The summed E-state index contributed by atoms with van der Waals surface area (Å²) in [5, 5.41) is 33.6. The van der Waals surface area contributed by atoms with Crippen molar-refractivity contribution in [3.63, 3.8) is 0 Å². The minimum Gasteiger partial charge on any atom is -0.480 e. The van der Waals surface area contributed by atoms with Crippen LogP contribution in [0.15, 0.2) is 30.3 Å². The maximum atomic E-state index is 13.9. The van der Waals surface area contributed by atoms with Crippen molar-refractivity contribution < 1.29 is 43.8 Å². The van der Waals surface area contributed by atoms with Crippen LogP contribution >= 0.6 is 0 Å². The van der Waals surface area contributed by atoms with Gasteiger partial charge in [-0.1, -0.05) is 50.6 Å². The van der Waals surface area contributed by atoms with Crippen LogP contribution in [0.1, 0.15) is 51.5 Å². The van der Waals surface area contributed by atoms with Crippen molar-refractivity contribution in [2.45, 2.75) is 94.7 Å². The van der Waals surface area contributed by atoms with Crippen LogP contribution in [0.2, 0.25) is 0 Å². The Balaban J connectivity index is 3.31. The summed E-state index contributed by atoms with van der Waals surface area (Å²) >= 11 is 0. The first-order valence-electron chi connectivity index (χ1n) is 17.9. The van der Waals surface area contributed by atoms with Crippen molar-refractivity contribution in [2.75, 3.05) is 32.8 Å². The molecule has 0 aliphatic carbocycles. The van der Waals surface area contributed by atoms with Crippen LogP contribution in [0.3, 0.4) is 0 Å². The van der Waals surface area contributed by atoms with E-state index >= 15 is 0 Å². The Labute approximate surface area is 314 Å². The summed E-state index contributed by atoms with van der Waals surface area (Å²) in [5.74, 6) is -6.56. The van der Waals surface area contributed by atoms with E-state index in [0.29, 0.717) is 12.0 Å². The van der Waals surface area contributed by atoms with Crippen LogP contribution in [0.25, 0.3) is 0 Å². The number of carboxylic acid groups (broad SMARTS) is 1. The fourth-order valence-electron chi connectivity index (χ4n) is 5.17. The van der Waals surface area contributed by atoms with Crippen LogP contribution in [0, 0.1) is 5.92 Å². The number of aliphatic carboxylic acids is 1. The smallest absolute Gasteiger partial charge is 0.328 e. The maximum Gasteiger partial charge on any atom is 0.328 e. The molecule has 0 saturated heterocycles. The zero-order valence-corrected chi connectivity index (χ0v) is 30.9. The second-order valence-electron chi connectivity index (χ2n) is 12.8. The van der Waals surface area contributed by atoms with Crippen LogP contribution in [0.5, 0.6) is 0 Å². The second kappa shape index (κ2) is 25.3. The Hall–Kier alpha value is -4.73. The van der Waals surface area contributed by atoms with Crippen molar-refractivity contribution in [1.82, 2.24) is 31.9 Å². The summed E-state index contributed by atoms with van der Waals surface area (Å²) in [7, 11) is 0. The van der Waals surface area contributed by atoms with Gasteiger partial charge in [0.05, 0.1) is 12.6 Å². The molecule has 0 aliphatic heterocycles. The topological polar surface area (TPSA) is 362 Å². The van der Waals surface area contributed by atoms with Gasteiger partial charge in [0.15, 0.2) is 0 Å². The van der Waals surface area contributed by atoms with Crippen molar-refractivity contribution in [1.29, 1.82) is 0 Å². The number of carbonyl (C=O) groups excluding carboxylic acids is 6. The number of nitrogens with one attached hydrogen (secondary N) is 6. The standard InChI is InChI=1S/C34H59N11O9/c1-3-19(2)27(33(52)42-24(12-16-38)29(48)41-23(11-15-37)31(50)44-26(18-46)34(53)54)45-32(51)25(17-20-7-5-4-6-8-20)43-30(49)22(10-14-36)40-28(47)21(39)9-13-35/h4-8,19,21-27,46H,3,9-18,35-39H2,1-2H3,(H,40,47)(H,41,48)(H,42,52)(H,43,49)(H,44,50)(H,45,51)(H,53,54)/t19-,21-,22-,23-,24-,25+,26-,27-/m0/s1. The summed E-state index contributed by atoms with van der Waals surface area (Å²) in [4.78, 5) is 91.3. The highest BCUT2D eigenvalue weighted by molar-refractivity contribution is 5.97. The average Bonchev–Trinajstić information content (AvgIpc) is 3.14. The van der Waals surface area contributed by atoms with Gasteiger partial charge in [0.1, 0.15) is 36.3 Å². The number of hydrogen-bond acceptors (Lipinski definition) is 13. The predicted molar refractivity (Wildman–Crippen MR) is 199 cm³/mol. The fourth-order valence-corrected chi connectivity index (χ4v) is 5.17. The first kappa shape index (κ1) is 47.3. The molecule has 20 nitrogen and oxygen atoms in total. The summed E-state index contributed by atoms with van der Waals surface area (Å²) in [6, 6.07) is -0.0259. The molecule has 6 amide bonds. The molecule has 54 heavy (non-hydrogen) atoms. The highest BCUT2D eigenvalue weighted by Crippen LogP contribution is 2.12. The highest BCUT2D eigenvalue weighted by atomic mass is 16.4. The van der Waals surface area contributed by atoms with E-state index in [4.69, 9.17) is 28.7 Å². The van der Waals surface area contributed by atoms with E-state index in [1.807, 2.05) is 0 Å². The average molecular weight is 766 g/mol. The molecule has 0 unspecified atom stereocenters. The van der Waals surface area contributed by atoms with Crippen molar-refractivity contribution in [2.24, 2.45) is 34.6 Å². The van der Waals surface area contributed by atoms with Gasteiger partial charge < -0.3 is 70.8 Å². The number of aliphatic hydroxyl groups is 1. The van der Waals surface area contributed by atoms with E-state index in [-0.39, 0.29) is 58.3 Å². The molecule has 0 bridgehead atoms. The van der Waals surface area contributed by atoms with Gasteiger partial charge in [-0.25, -0.2) is 4.79 Å². The van der Waals surface area contributed by atoms with E-state index in [2.05, 4.69) is 31.9 Å². The van der Waals surface area contributed by atoms with E-state index in [9.17, 15) is 43.8 Å². The SMILES string of the molecule is CC[C@H](C)[C@H](NC(=O)[C@@H](Cc1ccccc1)NC(=O)[C@H](CCN)NC(=O)[C@@H](N)CCN)C(=O)N[C@@H](CCN)C(=O)N[C@@H](CCN)C(=O)N[C@@H](CO)C(=O)O.